The predicted octanol–water partition coefficient (Wildman–Crippen LogP) is 3.69. The molecule has 0 aliphatic heterocycles. The Morgan fingerprint density at radius 2 is 1.59 bits per heavy atom. The van der Waals surface area contributed by atoms with Gasteiger partial charge in [0.05, 0.1) is 16.9 Å². The van der Waals surface area contributed by atoms with Crippen LogP contribution < -0.4 is 4.74 Å². The Labute approximate surface area is 124 Å². The van der Waals surface area contributed by atoms with E-state index in [1.54, 1.807) is 0 Å². The summed E-state index contributed by atoms with van der Waals surface area (Å²) in [4.78, 5) is -1.51. The third kappa shape index (κ3) is 2.92. The van der Waals surface area contributed by atoms with E-state index in [2.05, 4.69) is 0 Å². The van der Waals surface area contributed by atoms with Crippen molar-refractivity contribution in [1.82, 2.24) is 0 Å². The van der Waals surface area contributed by atoms with Crippen molar-refractivity contribution >= 4 is 9.84 Å². The number of alkyl halides is 3. The first-order chi connectivity index (χ1) is 10.2. The molecular weight excluding hydrogens is 324 g/mol. The van der Waals surface area contributed by atoms with Crippen LogP contribution in [-0.4, -0.2) is 15.5 Å². The molecule has 2 aromatic rings. The molecule has 0 aromatic heterocycles. The van der Waals surface area contributed by atoms with E-state index in [0.29, 0.717) is 11.8 Å². The molecule has 0 bridgehead atoms. The Kier molecular flexibility index (Phi) is 4.15. The highest BCUT2D eigenvalue weighted by Gasteiger charge is 2.40. The minimum atomic E-state index is -5.12. The van der Waals surface area contributed by atoms with Gasteiger partial charge in [-0.25, -0.2) is 12.8 Å². The zero-order chi connectivity index (χ0) is 16.5. The number of ether oxygens (including phenoxy) is 1. The van der Waals surface area contributed by atoms with Gasteiger partial charge in [-0.2, -0.15) is 13.2 Å². The molecular formula is C14H10F4O3S. The summed E-state index contributed by atoms with van der Waals surface area (Å²) in [7, 11) is -3.16. The summed E-state index contributed by atoms with van der Waals surface area (Å²) in [5.74, 6) is -1.30. The number of sulfone groups is 1. The Balaban J connectivity index is 2.66. The normalized spacial score (nSPS) is 12.2. The van der Waals surface area contributed by atoms with Gasteiger partial charge in [0, 0.05) is 0 Å². The summed E-state index contributed by atoms with van der Waals surface area (Å²) >= 11 is 0. The second-order valence-electron chi connectivity index (χ2n) is 4.29. The van der Waals surface area contributed by atoms with Crippen LogP contribution in [0.25, 0.3) is 0 Å². The first-order valence-corrected chi connectivity index (χ1v) is 7.41. The van der Waals surface area contributed by atoms with Crippen molar-refractivity contribution in [3.63, 3.8) is 0 Å². The fraction of sp³-hybridized carbons (Fsp3) is 0.143. The maximum atomic E-state index is 13.5. The molecule has 0 saturated heterocycles. The average Bonchev–Trinajstić information content (AvgIpc) is 2.45. The zero-order valence-corrected chi connectivity index (χ0v) is 12.0. The summed E-state index contributed by atoms with van der Waals surface area (Å²) in [6.07, 6.45) is -5.12. The van der Waals surface area contributed by atoms with Gasteiger partial charge >= 0.3 is 6.18 Å². The lowest BCUT2D eigenvalue weighted by Crippen LogP contribution is -2.15. The van der Waals surface area contributed by atoms with Crippen molar-refractivity contribution < 1.29 is 30.7 Å². The second kappa shape index (κ2) is 5.60. The van der Waals surface area contributed by atoms with Gasteiger partial charge in [-0.1, -0.05) is 6.07 Å². The fourth-order valence-electron chi connectivity index (χ4n) is 1.89. The van der Waals surface area contributed by atoms with Crippen molar-refractivity contribution in [1.29, 1.82) is 0 Å². The molecule has 0 spiro atoms. The van der Waals surface area contributed by atoms with Gasteiger partial charge in [-0.05, 0) is 36.4 Å². The maximum absolute atomic E-state index is 13.5. The molecule has 3 nitrogen and oxygen atoms in total. The molecule has 0 heterocycles. The molecule has 0 unspecified atom stereocenters. The molecule has 0 radical (unpaired) electrons. The largest absolute Gasteiger partial charge is 0.497 e. The average molecular weight is 334 g/mol. The smallest absolute Gasteiger partial charge is 0.420 e. The molecule has 2 rings (SSSR count). The lowest BCUT2D eigenvalue weighted by atomic mass is 10.2. The third-order valence-corrected chi connectivity index (χ3v) is 4.73. The summed E-state index contributed by atoms with van der Waals surface area (Å²) < 4.78 is 81.9. The van der Waals surface area contributed by atoms with Crippen LogP contribution in [0.5, 0.6) is 5.75 Å². The molecule has 8 heteroatoms. The van der Waals surface area contributed by atoms with Crippen molar-refractivity contribution in [3.8, 4) is 5.75 Å². The molecule has 0 fully saturated rings. The van der Waals surface area contributed by atoms with E-state index in [1.165, 1.54) is 19.2 Å². The SMILES string of the molecule is COc1ccc(S(=O)(=O)c2cccc(F)c2C(F)(F)F)cc1. The van der Waals surface area contributed by atoms with E-state index in [4.69, 9.17) is 4.74 Å². The quantitative estimate of drug-likeness (QED) is 0.804. The van der Waals surface area contributed by atoms with E-state index in [0.717, 1.165) is 24.3 Å². The van der Waals surface area contributed by atoms with Gasteiger partial charge < -0.3 is 4.74 Å². The Morgan fingerprint density at radius 3 is 2.09 bits per heavy atom. The number of rotatable bonds is 3. The Bertz CT molecular complexity index is 781. The van der Waals surface area contributed by atoms with Crippen LogP contribution >= 0.6 is 0 Å². The highest BCUT2D eigenvalue weighted by molar-refractivity contribution is 7.91. The van der Waals surface area contributed by atoms with Crippen LogP contribution in [-0.2, 0) is 16.0 Å². The van der Waals surface area contributed by atoms with Crippen molar-refractivity contribution in [3.05, 3.63) is 53.8 Å². The highest BCUT2D eigenvalue weighted by Crippen LogP contribution is 2.38. The molecule has 0 atom stereocenters. The maximum Gasteiger partial charge on any atom is 0.420 e. The summed E-state index contributed by atoms with van der Waals surface area (Å²) in [6, 6.07) is 6.99. The summed E-state index contributed by atoms with van der Waals surface area (Å²) in [5, 5.41) is 0. The van der Waals surface area contributed by atoms with E-state index >= 15 is 0 Å². The first kappa shape index (κ1) is 16.3. The van der Waals surface area contributed by atoms with Crippen LogP contribution in [0.15, 0.2) is 52.3 Å². The van der Waals surface area contributed by atoms with Gasteiger partial charge in [0.1, 0.15) is 17.1 Å². The number of hydrogen-bond acceptors (Lipinski definition) is 3. The van der Waals surface area contributed by atoms with Crippen molar-refractivity contribution in [2.45, 2.75) is 16.0 Å². The fourth-order valence-corrected chi connectivity index (χ4v) is 3.37. The third-order valence-electron chi connectivity index (χ3n) is 2.92. The number of hydrogen-bond donors (Lipinski definition) is 0. The molecule has 0 saturated carbocycles. The second-order valence-corrected chi connectivity index (χ2v) is 6.21. The lowest BCUT2D eigenvalue weighted by molar-refractivity contribution is -0.142. The Hall–Kier alpha value is -2.09. The van der Waals surface area contributed by atoms with Crippen LogP contribution in [0.4, 0.5) is 17.6 Å². The molecule has 22 heavy (non-hydrogen) atoms. The van der Waals surface area contributed by atoms with E-state index in [1.807, 2.05) is 0 Å². The van der Waals surface area contributed by atoms with Gasteiger partial charge in [-0.15, -0.1) is 0 Å². The molecule has 0 amide bonds. The van der Waals surface area contributed by atoms with Crippen molar-refractivity contribution in [2.24, 2.45) is 0 Å². The monoisotopic (exact) mass is 334 g/mol. The van der Waals surface area contributed by atoms with E-state index < -0.39 is 32.3 Å². The van der Waals surface area contributed by atoms with Crippen LogP contribution in [0.1, 0.15) is 5.56 Å². The van der Waals surface area contributed by atoms with Crippen LogP contribution in [0.2, 0.25) is 0 Å². The lowest BCUT2D eigenvalue weighted by Gasteiger charge is -2.14. The van der Waals surface area contributed by atoms with E-state index in [9.17, 15) is 26.0 Å². The minimum absolute atomic E-state index is 0.342. The van der Waals surface area contributed by atoms with Crippen molar-refractivity contribution in [2.75, 3.05) is 7.11 Å². The van der Waals surface area contributed by atoms with Gasteiger partial charge in [0.15, 0.2) is 0 Å². The van der Waals surface area contributed by atoms with Crippen LogP contribution in [0, 0.1) is 5.82 Å². The van der Waals surface area contributed by atoms with E-state index in [-0.39, 0.29) is 4.90 Å². The minimum Gasteiger partial charge on any atom is -0.497 e. The Morgan fingerprint density at radius 1 is 1.00 bits per heavy atom. The van der Waals surface area contributed by atoms with Gasteiger partial charge in [0.2, 0.25) is 9.84 Å². The molecule has 0 aliphatic carbocycles. The summed E-state index contributed by atoms with van der Waals surface area (Å²) in [6.45, 7) is 0. The van der Waals surface area contributed by atoms with Crippen LogP contribution in [0.3, 0.4) is 0 Å². The summed E-state index contributed by atoms with van der Waals surface area (Å²) in [5.41, 5.74) is -1.80. The number of benzene rings is 2. The zero-order valence-electron chi connectivity index (χ0n) is 11.2. The number of methoxy groups -OCH3 is 1. The number of halogens is 4. The van der Waals surface area contributed by atoms with Gasteiger partial charge in [-0.3, -0.25) is 0 Å². The predicted molar refractivity (Wildman–Crippen MR) is 69.8 cm³/mol. The topological polar surface area (TPSA) is 43.4 Å². The molecule has 118 valence electrons. The standard InChI is InChI=1S/C14H10F4O3S/c1-21-9-5-7-10(8-6-9)22(19,20)12-4-2-3-11(15)13(12)14(16,17)18/h2-8H,1H3. The first-order valence-electron chi connectivity index (χ1n) is 5.93. The van der Waals surface area contributed by atoms with Gasteiger partial charge in [0.25, 0.3) is 0 Å². The molecule has 0 aliphatic rings. The highest BCUT2D eigenvalue weighted by atomic mass is 32.2. The molecule has 0 N–H and O–H groups in total. The molecule has 2 aromatic carbocycles.